The Balaban J connectivity index is 2.94. The van der Waals surface area contributed by atoms with Crippen LogP contribution in [0.3, 0.4) is 0 Å². The largest absolute Gasteiger partial charge is 0.484 e. The first kappa shape index (κ1) is 16.3. The summed E-state index contributed by atoms with van der Waals surface area (Å²) in [5, 5.41) is 7.13. The monoisotopic (exact) mass is 300 g/mol. The fraction of sp³-hybridized carbons (Fsp3) is 0.417. The second-order valence-electron chi connectivity index (χ2n) is 4.00. The maximum atomic E-state index is 12.1. The van der Waals surface area contributed by atoms with Gasteiger partial charge in [0, 0.05) is 13.1 Å². The first-order chi connectivity index (χ1) is 9.40. The van der Waals surface area contributed by atoms with Gasteiger partial charge in [0.1, 0.15) is 18.2 Å². The Bertz CT molecular complexity index is 556. The van der Waals surface area contributed by atoms with Gasteiger partial charge in [0.15, 0.2) is 0 Å². The fourth-order valence-electron chi connectivity index (χ4n) is 1.60. The minimum atomic E-state index is -3.62. The number of rotatable bonds is 8. The number of hydrogen-bond acceptors (Lipinski definition) is 4. The number of ether oxygens (including phenoxy) is 1. The van der Waals surface area contributed by atoms with E-state index in [4.69, 9.17) is 15.9 Å². The van der Waals surface area contributed by atoms with Crippen LogP contribution in [0.25, 0.3) is 0 Å². The molecule has 20 heavy (non-hydrogen) atoms. The molecule has 1 rings (SSSR count). The number of amidine groups is 1. The lowest BCUT2D eigenvalue weighted by molar-refractivity contribution is 0.376. The second-order valence-corrected chi connectivity index (χ2v) is 5.67. The predicted octanol–water partition coefficient (Wildman–Crippen LogP) is 1.000. The van der Waals surface area contributed by atoms with E-state index in [1.807, 2.05) is 0 Å². The second kappa shape index (κ2) is 7.11. The topological polar surface area (TPSA) is 109 Å². The third-order valence-electron chi connectivity index (χ3n) is 2.55. The molecule has 1 aromatic carbocycles. The molecule has 0 bridgehead atoms. The molecule has 0 amide bonds. The highest BCUT2D eigenvalue weighted by Crippen LogP contribution is 2.25. The van der Waals surface area contributed by atoms with E-state index in [1.54, 1.807) is 38.1 Å². The van der Waals surface area contributed by atoms with E-state index in [2.05, 4.69) is 4.72 Å². The number of hydrogen-bond donors (Lipinski definition) is 3. The van der Waals surface area contributed by atoms with Crippen molar-refractivity contribution in [2.45, 2.75) is 13.8 Å². The standard InChI is InChI=1S/C12H20N4O3S/c1-3-16(4-2)20(17,18)15-10-7-5-6-8-11(10)19-9-12(13)14/h5-8,15H,3-4,9H2,1-2H3,(H3,13,14). The third kappa shape index (κ3) is 4.39. The number of benzene rings is 1. The zero-order valence-electron chi connectivity index (χ0n) is 11.6. The molecule has 0 fully saturated rings. The molecule has 0 aromatic heterocycles. The molecule has 112 valence electrons. The molecule has 0 atom stereocenters. The van der Waals surface area contributed by atoms with Gasteiger partial charge in [0.25, 0.3) is 0 Å². The van der Waals surface area contributed by atoms with Crippen molar-refractivity contribution < 1.29 is 13.2 Å². The lowest BCUT2D eigenvalue weighted by Crippen LogP contribution is -2.35. The van der Waals surface area contributed by atoms with Crippen LogP contribution in [0.4, 0.5) is 5.69 Å². The first-order valence-corrected chi connectivity index (χ1v) is 7.67. The quantitative estimate of drug-likeness (QED) is 0.491. The summed E-state index contributed by atoms with van der Waals surface area (Å²) in [5.74, 6) is 0.199. The van der Waals surface area contributed by atoms with Gasteiger partial charge in [-0.3, -0.25) is 10.1 Å². The van der Waals surface area contributed by atoms with Gasteiger partial charge in [0.05, 0.1) is 5.69 Å². The van der Waals surface area contributed by atoms with Crippen molar-refractivity contribution >= 4 is 21.7 Å². The van der Waals surface area contributed by atoms with E-state index in [0.29, 0.717) is 24.5 Å². The molecule has 0 saturated heterocycles. The molecule has 0 heterocycles. The Morgan fingerprint density at radius 3 is 2.50 bits per heavy atom. The zero-order chi connectivity index (χ0) is 15.2. The highest BCUT2D eigenvalue weighted by Gasteiger charge is 2.19. The molecule has 0 aliphatic carbocycles. The van der Waals surface area contributed by atoms with Crippen molar-refractivity contribution in [1.29, 1.82) is 5.41 Å². The molecule has 0 saturated carbocycles. The molecule has 0 aliphatic rings. The number of nitrogens with two attached hydrogens (primary N) is 1. The predicted molar refractivity (Wildman–Crippen MR) is 79.3 cm³/mol. The van der Waals surface area contributed by atoms with Crippen molar-refractivity contribution in [2.24, 2.45) is 5.73 Å². The van der Waals surface area contributed by atoms with Crippen molar-refractivity contribution in [1.82, 2.24) is 4.31 Å². The van der Waals surface area contributed by atoms with Crippen molar-refractivity contribution in [3.8, 4) is 5.75 Å². The van der Waals surface area contributed by atoms with Gasteiger partial charge in [-0.2, -0.15) is 12.7 Å². The Morgan fingerprint density at radius 2 is 1.95 bits per heavy atom. The van der Waals surface area contributed by atoms with Crippen LogP contribution in [0, 0.1) is 5.41 Å². The molecule has 7 nitrogen and oxygen atoms in total. The molecule has 0 unspecified atom stereocenters. The maximum Gasteiger partial charge on any atom is 0.301 e. The van der Waals surface area contributed by atoms with Crippen LogP contribution < -0.4 is 15.2 Å². The summed E-state index contributed by atoms with van der Waals surface area (Å²) < 4.78 is 33.4. The highest BCUT2D eigenvalue weighted by molar-refractivity contribution is 7.90. The van der Waals surface area contributed by atoms with Crippen LogP contribution in [0.2, 0.25) is 0 Å². The first-order valence-electron chi connectivity index (χ1n) is 6.23. The van der Waals surface area contributed by atoms with Crippen LogP contribution in [0.1, 0.15) is 13.8 Å². The molecule has 8 heteroatoms. The molecular formula is C12H20N4O3S. The smallest absolute Gasteiger partial charge is 0.301 e. The minimum absolute atomic E-state index is 0.0932. The van der Waals surface area contributed by atoms with Crippen LogP contribution in [0.15, 0.2) is 24.3 Å². The molecule has 0 radical (unpaired) electrons. The fourth-order valence-corrected chi connectivity index (χ4v) is 2.85. The Labute approximate surface area is 119 Å². The number of anilines is 1. The van der Waals surface area contributed by atoms with Gasteiger partial charge in [0.2, 0.25) is 0 Å². The average Bonchev–Trinajstić information content (AvgIpc) is 2.38. The average molecular weight is 300 g/mol. The molecule has 1 aromatic rings. The van der Waals surface area contributed by atoms with E-state index in [0.717, 1.165) is 0 Å². The molecule has 4 N–H and O–H groups in total. The van der Waals surface area contributed by atoms with Gasteiger partial charge < -0.3 is 10.5 Å². The van der Waals surface area contributed by atoms with E-state index < -0.39 is 10.2 Å². The van der Waals surface area contributed by atoms with Crippen LogP contribution in [-0.2, 0) is 10.2 Å². The van der Waals surface area contributed by atoms with E-state index in [1.165, 1.54) is 4.31 Å². The van der Waals surface area contributed by atoms with Crippen molar-refractivity contribution in [3.63, 3.8) is 0 Å². The molecule has 0 spiro atoms. The lowest BCUT2D eigenvalue weighted by Gasteiger charge is -2.20. The van der Waals surface area contributed by atoms with Crippen LogP contribution in [0.5, 0.6) is 5.75 Å². The van der Waals surface area contributed by atoms with Crippen molar-refractivity contribution in [3.05, 3.63) is 24.3 Å². The maximum absolute atomic E-state index is 12.1. The summed E-state index contributed by atoms with van der Waals surface area (Å²) in [5.41, 5.74) is 5.54. The summed E-state index contributed by atoms with van der Waals surface area (Å²) in [6, 6.07) is 6.62. The zero-order valence-corrected chi connectivity index (χ0v) is 12.4. The minimum Gasteiger partial charge on any atom is -0.484 e. The van der Waals surface area contributed by atoms with Crippen molar-refractivity contribution in [2.75, 3.05) is 24.4 Å². The molecule has 0 aliphatic heterocycles. The summed E-state index contributed by atoms with van der Waals surface area (Å²) >= 11 is 0. The summed E-state index contributed by atoms with van der Waals surface area (Å²) in [6.45, 7) is 4.19. The number of para-hydroxylation sites is 2. The van der Waals surface area contributed by atoms with Gasteiger partial charge >= 0.3 is 10.2 Å². The summed E-state index contributed by atoms with van der Waals surface area (Å²) in [4.78, 5) is 0. The van der Waals surface area contributed by atoms with Gasteiger partial charge in [-0.1, -0.05) is 26.0 Å². The Kier molecular flexibility index (Phi) is 5.78. The van der Waals surface area contributed by atoms with E-state index in [-0.39, 0.29) is 12.4 Å². The van der Waals surface area contributed by atoms with Crippen LogP contribution in [-0.4, -0.2) is 38.3 Å². The SMILES string of the molecule is CCN(CC)S(=O)(=O)Nc1ccccc1OCC(=N)N. The highest BCUT2D eigenvalue weighted by atomic mass is 32.2. The van der Waals surface area contributed by atoms with Gasteiger partial charge in [-0.15, -0.1) is 0 Å². The van der Waals surface area contributed by atoms with Gasteiger partial charge in [-0.05, 0) is 12.1 Å². The third-order valence-corrected chi connectivity index (χ3v) is 4.23. The van der Waals surface area contributed by atoms with E-state index >= 15 is 0 Å². The van der Waals surface area contributed by atoms with E-state index in [9.17, 15) is 8.42 Å². The van der Waals surface area contributed by atoms with Gasteiger partial charge in [-0.25, -0.2) is 0 Å². The Hall–Kier alpha value is -1.80. The lowest BCUT2D eigenvalue weighted by atomic mass is 10.3. The summed E-state index contributed by atoms with van der Waals surface area (Å²) in [6.07, 6.45) is 0. The normalized spacial score (nSPS) is 11.3. The number of nitrogens with zero attached hydrogens (tertiary/aromatic N) is 1. The number of nitrogens with one attached hydrogen (secondary N) is 2. The Morgan fingerprint density at radius 1 is 1.35 bits per heavy atom. The molecular weight excluding hydrogens is 280 g/mol. The van der Waals surface area contributed by atoms with Crippen LogP contribution >= 0.6 is 0 Å². The summed E-state index contributed by atoms with van der Waals surface area (Å²) in [7, 11) is -3.62.